The molecule has 1 aromatic carbocycles. The molecule has 0 amide bonds. The second-order valence-electron chi connectivity index (χ2n) is 3.98. The maximum Gasteiger partial charge on any atom is 0.310 e. The molecule has 2 rings (SSSR count). The van der Waals surface area contributed by atoms with E-state index >= 15 is 0 Å². The summed E-state index contributed by atoms with van der Waals surface area (Å²) in [7, 11) is 1.30. The molecule has 2 aromatic rings. The van der Waals surface area contributed by atoms with Crippen LogP contribution in [0.3, 0.4) is 0 Å². The van der Waals surface area contributed by atoms with E-state index in [2.05, 4.69) is 4.74 Å². The summed E-state index contributed by atoms with van der Waals surface area (Å²) in [4.78, 5) is 24.5. The minimum Gasteiger partial charge on any atom is -0.469 e. The van der Waals surface area contributed by atoms with E-state index in [1.165, 1.54) is 30.6 Å². The molecular formula is C14H10ClFO3S. The first-order chi connectivity index (χ1) is 9.51. The molecule has 0 unspecified atom stereocenters. The molecule has 6 heteroatoms. The van der Waals surface area contributed by atoms with Crippen LogP contribution in [0.2, 0.25) is 5.02 Å². The van der Waals surface area contributed by atoms with Gasteiger partial charge in [0, 0.05) is 10.4 Å². The Labute approximate surface area is 123 Å². The molecule has 0 aliphatic carbocycles. The van der Waals surface area contributed by atoms with Gasteiger partial charge in [-0.1, -0.05) is 11.6 Å². The molecule has 0 aliphatic heterocycles. The van der Waals surface area contributed by atoms with Gasteiger partial charge in [0.05, 0.1) is 23.4 Å². The number of ketones is 1. The van der Waals surface area contributed by atoms with Crippen molar-refractivity contribution in [3.8, 4) is 0 Å². The highest BCUT2D eigenvalue weighted by Crippen LogP contribution is 2.23. The smallest absolute Gasteiger partial charge is 0.310 e. The molecule has 0 fully saturated rings. The third-order valence-corrected chi connectivity index (χ3v) is 4.00. The normalized spacial score (nSPS) is 10.3. The van der Waals surface area contributed by atoms with Gasteiger partial charge in [0.2, 0.25) is 5.78 Å². The Morgan fingerprint density at radius 3 is 2.70 bits per heavy atom. The van der Waals surface area contributed by atoms with Crippen molar-refractivity contribution in [2.75, 3.05) is 7.11 Å². The number of carbonyl (C=O) groups is 2. The molecule has 0 saturated carbocycles. The van der Waals surface area contributed by atoms with Crippen molar-refractivity contribution in [3.63, 3.8) is 0 Å². The number of esters is 1. The van der Waals surface area contributed by atoms with Gasteiger partial charge in [-0.05, 0) is 30.3 Å². The summed E-state index contributed by atoms with van der Waals surface area (Å²) in [6.45, 7) is 0. The SMILES string of the molecule is COC(=O)Cc1ccc(C(=O)c2ccc(Cl)c(F)c2)s1. The zero-order valence-electron chi connectivity index (χ0n) is 10.5. The first-order valence-corrected chi connectivity index (χ1v) is 6.86. The molecule has 3 nitrogen and oxygen atoms in total. The van der Waals surface area contributed by atoms with E-state index in [4.69, 9.17) is 11.6 Å². The van der Waals surface area contributed by atoms with Crippen LogP contribution in [0, 0.1) is 5.82 Å². The lowest BCUT2D eigenvalue weighted by molar-refractivity contribution is -0.139. The molecule has 1 aromatic heterocycles. The number of methoxy groups -OCH3 is 1. The molecule has 0 atom stereocenters. The van der Waals surface area contributed by atoms with Crippen LogP contribution >= 0.6 is 22.9 Å². The molecular weight excluding hydrogens is 303 g/mol. The zero-order valence-corrected chi connectivity index (χ0v) is 12.1. The molecule has 0 N–H and O–H groups in total. The number of benzene rings is 1. The third kappa shape index (κ3) is 3.23. The number of ether oxygens (including phenoxy) is 1. The van der Waals surface area contributed by atoms with Crippen LogP contribution < -0.4 is 0 Å². The van der Waals surface area contributed by atoms with Crippen molar-refractivity contribution < 1.29 is 18.7 Å². The van der Waals surface area contributed by atoms with Gasteiger partial charge in [0.1, 0.15) is 5.82 Å². The van der Waals surface area contributed by atoms with Gasteiger partial charge < -0.3 is 4.74 Å². The average Bonchev–Trinajstić information content (AvgIpc) is 2.89. The minimum absolute atomic E-state index is 0.0286. The largest absolute Gasteiger partial charge is 0.469 e. The van der Waals surface area contributed by atoms with Crippen molar-refractivity contribution in [1.29, 1.82) is 0 Å². The second kappa shape index (κ2) is 6.15. The second-order valence-corrected chi connectivity index (χ2v) is 5.55. The number of hydrogen-bond acceptors (Lipinski definition) is 4. The lowest BCUT2D eigenvalue weighted by Gasteiger charge is -2.00. The van der Waals surface area contributed by atoms with Gasteiger partial charge in [-0.3, -0.25) is 9.59 Å². The Balaban J connectivity index is 2.21. The monoisotopic (exact) mass is 312 g/mol. The summed E-state index contributed by atoms with van der Waals surface area (Å²) in [5.74, 6) is -1.31. The van der Waals surface area contributed by atoms with Gasteiger partial charge in [0.15, 0.2) is 0 Å². The van der Waals surface area contributed by atoms with E-state index in [0.717, 1.165) is 10.9 Å². The summed E-state index contributed by atoms with van der Waals surface area (Å²) in [6, 6.07) is 7.20. The van der Waals surface area contributed by atoms with E-state index in [1.807, 2.05) is 0 Å². The van der Waals surface area contributed by atoms with Crippen LogP contribution in [-0.4, -0.2) is 18.9 Å². The van der Waals surface area contributed by atoms with Crippen LogP contribution in [0.25, 0.3) is 0 Å². The lowest BCUT2D eigenvalue weighted by Crippen LogP contribution is -2.02. The summed E-state index contributed by atoms with van der Waals surface area (Å²) in [6.07, 6.45) is 0.115. The Kier molecular flexibility index (Phi) is 4.52. The molecule has 0 radical (unpaired) electrons. The van der Waals surface area contributed by atoms with E-state index < -0.39 is 5.82 Å². The number of halogens is 2. The minimum atomic E-state index is -0.635. The van der Waals surface area contributed by atoms with Gasteiger partial charge in [-0.25, -0.2) is 4.39 Å². The topological polar surface area (TPSA) is 43.4 Å². The van der Waals surface area contributed by atoms with Crippen LogP contribution in [0.15, 0.2) is 30.3 Å². The maximum absolute atomic E-state index is 13.3. The molecule has 104 valence electrons. The molecule has 0 saturated heterocycles. The summed E-state index contributed by atoms with van der Waals surface area (Å²) in [5, 5.41) is -0.0286. The Hall–Kier alpha value is -1.72. The summed E-state index contributed by atoms with van der Waals surface area (Å²) >= 11 is 6.76. The third-order valence-electron chi connectivity index (χ3n) is 2.61. The fraction of sp³-hybridized carbons (Fsp3) is 0.143. The highest BCUT2D eigenvalue weighted by molar-refractivity contribution is 7.14. The highest BCUT2D eigenvalue weighted by atomic mass is 35.5. The fourth-order valence-electron chi connectivity index (χ4n) is 1.59. The quantitative estimate of drug-likeness (QED) is 0.641. The van der Waals surface area contributed by atoms with Crippen molar-refractivity contribution in [3.05, 3.63) is 56.5 Å². The molecule has 0 aliphatic rings. The average molecular weight is 313 g/mol. The molecule has 1 heterocycles. The first-order valence-electron chi connectivity index (χ1n) is 5.66. The Morgan fingerprint density at radius 2 is 2.05 bits per heavy atom. The van der Waals surface area contributed by atoms with Crippen LogP contribution in [-0.2, 0) is 16.0 Å². The highest BCUT2D eigenvalue weighted by Gasteiger charge is 2.15. The van der Waals surface area contributed by atoms with Crippen molar-refractivity contribution in [2.24, 2.45) is 0 Å². The number of thiophene rings is 1. The first kappa shape index (κ1) is 14.7. The van der Waals surface area contributed by atoms with Gasteiger partial charge >= 0.3 is 5.97 Å². The van der Waals surface area contributed by atoms with Crippen LogP contribution in [0.1, 0.15) is 20.1 Å². The van der Waals surface area contributed by atoms with Gasteiger partial charge in [-0.2, -0.15) is 0 Å². The Morgan fingerprint density at radius 1 is 1.30 bits per heavy atom. The van der Waals surface area contributed by atoms with E-state index in [0.29, 0.717) is 4.88 Å². The summed E-state index contributed by atoms with van der Waals surface area (Å²) < 4.78 is 17.9. The van der Waals surface area contributed by atoms with Crippen molar-refractivity contribution in [2.45, 2.75) is 6.42 Å². The molecule has 20 heavy (non-hydrogen) atoms. The number of rotatable bonds is 4. The van der Waals surface area contributed by atoms with Crippen molar-refractivity contribution >= 4 is 34.7 Å². The zero-order chi connectivity index (χ0) is 14.7. The fourth-order valence-corrected chi connectivity index (χ4v) is 2.66. The molecule has 0 spiro atoms. The number of carbonyl (C=O) groups excluding carboxylic acids is 2. The van der Waals surface area contributed by atoms with E-state index in [-0.39, 0.29) is 28.8 Å². The van der Waals surface area contributed by atoms with Crippen LogP contribution in [0.4, 0.5) is 4.39 Å². The van der Waals surface area contributed by atoms with Gasteiger partial charge in [-0.15, -0.1) is 11.3 Å². The van der Waals surface area contributed by atoms with Crippen LogP contribution in [0.5, 0.6) is 0 Å². The predicted molar refractivity (Wildman–Crippen MR) is 74.9 cm³/mol. The predicted octanol–water partition coefficient (Wildman–Crippen LogP) is 3.49. The maximum atomic E-state index is 13.3. The standard InChI is InChI=1S/C14H10ClFO3S/c1-19-13(17)7-9-3-5-12(20-9)14(18)8-2-4-10(15)11(16)6-8/h2-6H,7H2,1H3. The number of hydrogen-bond donors (Lipinski definition) is 0. The Bertz CT molecular complexity index is 666. The van der Waals surface area contributed by atoms with E-state index in [1.54, 1.807) is 12.1 Å². The lowest BCUT2D eigenvalue weighted by atomic mass is 10.1. The summed E-state index contributed by atoms with van der Waals surface area (Å²) in [5.41, 5.74) is 0.221. The molecule has 0 bridgehead atoms. The van der Waals surface area contributed by atoms with E-state index in [9.17, 15) is 14.0 Å². The van der Waals surface area contributed by atoms with Crippen molar-refractivity contribution in [1.82, 2.24) is 0 Å². The van der Waals surface area contributed by atoms with Gasteiger partial charge in [0.25, 0.3) is 0 Å².